The molecule has 0 radical (unpaired) electrons. The molecule has 3 N–H and O–H groups in total. The Bertz CT molecular complexity index is 662. The second-order valence-corrected chi connectivity index (χ2v) is 5.20. The van der Waals surface area contributed by atoms with Crippen LogP contribution in [-0.2, 0) is 6.61 Å². The second-order valence-electron chi connectivity index (χ2n) is 5.20. The lowest BCUT2D eigenvalue weighted by molar-refractivity contribution is -0.210. The minimum Gasteiger partial charge on any atom is -0.493 e. The normalized spacial score (nSPS) is 14.1. The molecule has 0 amide bonds. The van der Waals surface area contributed by atoms with Gasteiger partial charge in [0, 0.05) is 0 Å². The average molecular weight is 341 g/mol. The number of benzene rings is 2. The van der Waals surface area contributed by atoms with Gasteiger partial charge in [-0.05, 0) is 23.3 Å². The second kappa shape index (κ2) is 7.55. The van der Waals surface area contributed by atoms with Gasteiger partial charge in [0.05, 0.1) is 13.2 Å². The summed E-state index contributed by atoms with van der Waals surface area (Å²) in [7, 11) is 1.43. The van der Waals surface area contributed by atoms with E-state index >= 15 is 0 Å². The minimum absolute atomic E-state index is 0.101. The number of nitrogens with two attached hydrogens (primary N) is 1. The molecule has 7 heteroatoms. The van der Waals surface area contributed by atoms with Crippen LogP contribution in [0.2, 0.25) is 0 Å². The van der Waals surface area contributed by atoms with Gasteiger partial charge in [0.15, 0.2) is 17.6 Å². The van der Waals surface area contributed by atoms with Crippen LogP contribution in [0.1, 0.15) is 17.2 Å². The van der Waals surface area contributed by atoms with Crippen molar-refractivity contribution in [2.75, 3.05) is 7.11 Å². The Morgan fingerprint density at radius 3 is 2.33 bits per heavy atom. The van der Waals surface area contributed by atoms with Gasteiger partial charge in [-0.15, -0.1) is 0 Å². The zero-order valence-corrected chi connectivity index (χ0v) is 13.0. The van der Waals surface area contributed by atoms with Crippen LogP contribution in [0.15, 0.2) is 48.5 Å². The van der Waals surface area contributed by atoms with Crippen LogP contribution < -0.4 is 15.2 Å². The molecule has 24 heavy (non-hydrogen) atoms. The summed E-state index contributed by atoms with van der Waals surface area (Å²) in [6.45, 7) is 0.220. The summed E-state index contributed by atoms with van der Waals surface area (Å²) in [5.74, 6) is 0.618. The largest absolute Gasteiger partial charge is 0.493 e. The summed E-state index contributed by atoms with van der Waals surface area (Å²) in [5, 5.41) is 9.31. The molecule has 0 heterocycles. The third kappa shape index (κ3) is 4.39. The molecule has 0 saturated heterocycles. The van der Waals surface area contributed by atoms with Crippen molar-refractivity contribution in [3.8, 4) is 11.5 Å². The Balaban J connectivity index is 2.21. The molecule has 130 valence electrons. The van der Waals surface area contributed by atoms with E-state index in [9.17, 15) is 18.3 Å². The van der Waals surface area contributed by atoms with Crippen molar-refractivity contribution in [2.45, 2.75) is 24.9 Å². The number of halogens is 3. The third-order valence-electron chi connectivity index (χ3n) is 3.49. The van der Waals surface area contributed by atoms with Crippen LogP contribution >= 0.6 is 0 Å². The van der Waals surface area contributed by atoms with Crippen LogP contribution in [-0.4, -0.2) is 24.5 Å². The Kier molecular flexibility index (Phi) is 5.69. The van der Waals surface area contributed by atoms with E-state index in [4.69, 9.17) is 15.2 Å². The van der Waals surface area contributed by atoms with E-state index < -0.39 is 18.3 Å². The van der Waals surface area contributed by atoms with Crippen molar-refractivity contribution in [1.82, 2.24) is 0 Å². The zero-order chi connectivity index (χ0) is 17.7. The first-order valence-electron chi connectivity index (χ1n) is 7.18. The van der Waals surface area contributed by atoms with Crippen LogP contribution in [0.5, 0.6) is 11.5 Å². The van der Waals surface area contributed by atoms with E-state index in [1.54, 1.807) is 0 Å². The monoisotopic (exact) mass is 341 g/mol. The molecule has 4 nitrogen and oxygen atoms in total. The number of aliphatic hydroxyl groups excluding tert-OH is 1. The summed E-state index contributed by atoms with van der Waals surface area (Å²) in [6.07, 6.45) is -7.46. The van der Waals surface area contributed by atoms with Crippen molar-refractivity contribution < 1.29 is 27.8 Å². The smallest absolute Gasteiger partial charge is 0.416 e. The van der Waals surface area contributed by atoms with Crippen molar-refractivity contribution >= 4 is 0 Å². The van der Waals surface area contributed by atoms with Gasteiger partial charge in [0.25, 0.3) is 0 Å². The first-order valence-corrected chi connectivity index (χ1v) is 7.18. The molecule has 0 aromatic heterocycles. The fourth-order valence-corrected chi connectivity index (χ4v) is 2.13. The molecule has 0 aliphatic carbocycles. The van der Waals surface area contributed by atoms with Crippen molar-refractivity contribution in [2.24, 2.45) is 5.73 Å². The van der Waals surface area contributed by atoms with Gasteiger partial charge in [-0.3, -0.25) is 0 Å². The van der Waals surface area contributed by atoms with Gasteiger partial charge in [-0.2, -0.15) is 13.2 Å². The number of aliphatic hydroxyl groups is 1. The Hall–Kier alpha value is -2.25. The fraction of sp³-hybridized carbons (Fsp3) is 0.294. The molecule has 2 atom stereocenters. The van der Waals surface area contributed by atoms with Crippen LogP contribution in [0.4, 0.5) is 13.2 Å². The lowest BCUT2D eigenvalue weighted by Crippen LogP contribution is -2.38. The number of hydrogen-bond acceptors (Lipinski definition) is 4. The number of alkyl halides is 3. The first-order chi connectivity index (χ1) is 11.3. The molecule has 0 spiro atoms. The van der Waals surface area contributed by atoms with Crippen LogP contribution in [0.25, 0.3) is 0 Å². The van der Waals surface area contributed by atoms with E-state index in [2.05, 4.69) is 0 Å². The maximum Gasteiger partial charge on any atom is 0.416 e. The maximum absolute atomic E-state index is 12.6. The lowest BCUT2D eigenvalue weighted by atomic mass is 10.0. The van der Waals surface area contributed by atoms with E-state index in [1.165, 1.54) is 25.3 Å². The van der Waals surface area contributed by atoms with Crippen molar-refractivity contribution in [1.29, 1.82) is 0 Å². The van der Waals surface area contributed by atoms with Gasteiger partial charge < -0.3 is 20.3 Å². The van der Waals surface area contributed by atoms with E-state index in [0.717, 1.165) is 5.56 Å². The maximum atomic E-state index is 12.6. The summed E-state index contributed by atoms with van der Waals surface area (Å²) in [6, 6.07) is 11.8. The molecule has 2 aromatic carbocycles. The van der Waals surface area contributed by atoms with Crippen molar-refractivity contribution in [3.05, 3.63) is 59.7 Å². The van der Waals surface area contributed by atoms with Crippen LogP contribution in [0, 0.1) is 0 Å². The Morgan fingerprint density at radius 2 is 1.75 bits per heavy atom. The van der Waals surface area contributed by atoms with E-state index in [-0.39, 0.29) is 17.9 Å². The summed E-state index contributed by atoms with van der Waals surface area (Å²) >= 11 is 0. The predicted molar refractivity (Wildman–Crippen MR) is 82.8 cm³/mol. The minimum atomic E-state index is -4.80. The highest BCUT2D eigenvalue weighted by Gasteiger charge is 2.42. The highest BCUT2D eigenvalue weighted by atomic mass is 19.4. The van der Waals surface area contributed by atoms with E-state index in [1.807, 2.05) is 30.3 Å². The molecular weight excluding hydrogens is 323 g/mol. The predicted octanol–water partition coefficient (Wildman–Crippen LogP) is 3.20. The summed E-state index contributed by atoms with van der Waals surface area (Å²) in [5.41, 5.74) is 6.52. The quantitative estimate of drug-likeness (QED) is 0.847. The lowest BCUT2D eigenvalue weighted by Gasteiger charge is -2.22. The highest BCUT2D eigenvalue weighted by Crippen LogP contribution is 2.34. The fourth-order valence-electron chi connectivity index (χ4n) is 2.13. The molecule has 0 aliphatic heterocycles. The van der Waals surface area contributed by atoms with Crippen molar-refractivity contribution in [3.63, 3.8) is 0 Å². The summed E-state index contributed by atoms with van der Waals surface area (Å²) in [4.78, 5) is 0. The average Bonchev–Trinajstić information content (AvgIpc) is 2.58. The SMILES string of the molecule is COc1ccc([C@H](N)[C@H](O)C(F)(F)F)cc1OCc1ccccc1. The zero-order valence-electron chi connectivity index (χ0n) is 13.0. The van der Waals surface area contributed by atoms with Gasteiger partial charge >= 0.3 is 6.18 Å². The van der Waals surface area contributed by atoms with Gasteiger partial charge in [-0.1, -0.05) is 36.4 Å². The summed E-state index contributed by atoms with van der Waals surface area (Å²) < 4.78 is 48.6. The van der Waals surface area contributed by atoms with Gasteiger partial charge in [0.1, 0.15) is 6.61 Å². The molecule has 2 rings (SSSR count). The molecule has 0 aliphatic rings. The number of ether oxygens (including phenoxy) is 2. The molecule has 0 saturated carbocycles. The Labute approximate surface area is 137 Å². The number of methoxy groups -OCH3 is 1. The number of rotatable bonds is 6. The third-order valence-corrected chi connectivity index (χ3v) is 3.49. The van der Waals surface area contributed by atoms with E-state index in [0.29, 0.717) is 5.75 Å². The molecule has 2 aromatic rings. The van der Waals surface area contributed by atoms with Gasteiger partial charge in [-0.25, -0.2) is 0 Å². The first kappa shape index (κ1) is 18.1. The van der Waals surface area contributed by atoms with Crippen LogP contribution in [0.3, 0.4) is 0 Å². The standard InChI is InChI=1S/C17H18F3NO3/c1-23-13-8-7-12(15(21)16(22)17(18,19)20)9-14(13)24-10-11-5-3-2-4-6-11/h2-9,15-16,22H,10,21H2,1H3/t15-,16-/m0/s1. The highest BCUT2D eigenvalue weighted by molar-refractivity contribution is 5.44. The topological polar surface area (TPSA) is 64.7 Å². The van der Waals surface area contributed by atoms with Gasteiger partial charge in [0.2, 0.25) is 0 Å². The molecule has 0 fully saturated rings. The molecular formula is C17H18F3NO3. The molecule has 0 unspecified atom stereocenters. The molecule has 0 bridgehead atoms. The number of hydrogen-bond donors (Lipinski definition) is 2. The Morgan fingerprint density at radius 1 is 1.08 bits per heavy atom.